The van der Waals surface area contributed by atoms with Gasteiger partial charge in [0.05, 0.1) is 6.20 Å². The minimum absolute atomic E-state index is 0.244. The summed E-state index contributed by atoms with van der Waals surface area (Å²) in [6.45, 7) is 15.2. The lowest BCUT2D eigenvalue weighted by Gasteiger charge is -2.29. The standard InChI is InChI=1S/C22H28N2S.C4H10/c1-17(2)22(3,25)20-13-12-19(18-10-8-7-9-11-18)16-21(20)24(6)15-14-23(4)5;1-3-4-2/h7-17H,6H2,1-5H3;3-4H2,1-2H3/p+1/b15-14-;. The topological polar surface area (TPSA) is 6.25 Å². The highest BCUT2D eigenvalue weighted by Crippen LogP contribution is 2.42. The van der Waals surface area contributed by atoms with Crippen molar-refractivity contribution in [2.75, 3.05) is 14.1 Å². The molecule has 0 aliphatic heterocycles. The molecule has 2 rings (SSSR count). The maximum Gasteiger partial charge on any atom is 0.215 e. The van der Waals surface area contributed by atoms with Crippen LogP contribution in [0.3, 0.4) is 0 Å². The van der Waals surface area contributed by atoms with Gasteiger partial charge in [0.25, 0.3) is 0 Å². The maximum atomic E-state index is 4.98. The van der Waals surface area contributed by atoms with E-state index in [1.54, 1.807) is 0 Å². The Morgan fingerprint density at radius 1 is 1.03 bits per heavy atom. The Hall–Kier alpha value is -2.00. The summed E-state index contributed by atoms with van der Waals surface area (Å²) in [5.74, 6) is 0.392. The van der Waals surface area contributed by atoms with Crippen LogP contribution in [0.2, 0.25) is 0 Å². The largest absolute Gasteiger partial charge is 0.379 e. The van der Waals surface area contributed by atoms with Crippen molar-refractivity contribution in [1.82, 2.24) is 4.90 Å². The van der Waals surface area contributed by atoms with E-state index in [0.29, 0.717) is 5.92 Å². The summed E-state index contributed by atoms with van der Waals surface area (Å²) in [4.78, 5) is 2.00. The molecule has 0 aliphatic rings. The van der Waals surface area contributed by atoms with Crippen molar-refractivity contribution in [3.8, 4) is 11.1 Å². The lowest BCUT2D eigenvalue weighted by Crippen LogP contribution is -2.23. The first-order chi connectivity index (χ1) is 13.6. The molecular weight excluding hydrogens is 372 g/mol. The summed E-state index contributed by atoms with van der Waals surface area (Å²) in [5.41, 5.74) is 4.64. The fourth-order valence-electron chi connectivity index (χ4n) is 2.61. The van der Waals surface area contributed by atoms with Gasteiger partial charge in [0.15, 0.2) is 6.20 Å². The van der Waals surface area contributed by atoms with Crippen LogP contribution in [0.15, 0.2) is 60.9 Å². The summed E-state index contributed by atoms with van der Waals surface area (Å²) in [7, 11) is 4.00. The molecule has 2 aromatic rings. The molecule has 158 valence electrons. The van der Waals surface area contributed by atoms with Crippen LogP contribution < -0.4 is 0 Å². The molecule has 2 nitrogen and oxygen atoms in total. The lowest BCUT2D eigenvalue weighted by atomic mass is 9.86. The van der Waals surface area contributed by atoms with E-state index in [4.69, 9.17) is 12.6 Å². The van der Waals surface area contributed by atoms with E-state index in [2.05, 4.69) is 83.8 Å². The van der Waals surface area contributed by atoms with E-state index in [1.165, 1.54) is 29.5 Å². The number of hydrogen-bond acceptors (Lipinski definition) is 2. The molecule has 0 heterocycles. The molecule has 3 heteroatoms. The number of hydrogen-bond donors (Lipinski definition) is 1. The molecule has 1 atom stereocenters. The molecule has 0 radical (unpaired) electrons. The highest BCUT2D eigenvalue weighted by Gasteiger charge is 2.32. The van der Waals surface area contributed by atoms with Crippen LogP contribution in [0.25, 0.3) is 11.1 Å². The smallest absolute Gasteiger partial charge is 0.215 e. The van der Waals surface area contributed by atoms with E-state index in [9.17, 15) is 0 Å². The van der Waals surface area contributed by atoms with Crippen LogP contribution in [0, 0.1) is 5.92 Å². The number of thiol groups is 1. The summed E-state index contributed by atoms with van der Waals surface area (Å²) in [6, 6.07) is 17.0. The molecule has 0 N–H and O–H groups in total. The quantitative estimate of drug-likeness (QED) is 0.284. The second-order valence-electron chi connectivity index (χ2n) is 8.13. The van der Waals surface area contributed by atoms with Gasteiger partial charge in [-0.2, -0.15) is 17.2 Å². The van der Waals surface area contributed by atoms with Gasteiger partial charge >= 0.3 is 0 Å². The normalized spacial score (nSPS) is 13.0. The Balaban J connectivity index is 0.000000960. The van der Waals surface area contributed by atoms with Crippen LogP contribution >= 0.6 is 12.6 Å². The molecular formula is C26H39N2S+. The Labute approximate surface area is 184 Å². The van der Waals surface area contributed by atoms with Gasteiger partial charge in [-0.1, -0.05) is 83.0 Å². The zero-order valence-corrected chi connectivity index (χ0v) is 20.2. The minimum atomic E-state index is -0.244. The van der Waals surface area contributed by atoms with Crippen molar-refractivity contribution in [2.24, 2.45) is 5.92 Å². The number of benzene rings is 2. The zero-order valence-electron chi connectivity index (χ0n) is 19.3. The monoisotopic (exact) mass is 411 g/mol. The van der Waals surface area contributed by atoms with Crippen LogP contribution in [0.4, 0.5) is 5.69 Å². The molecule has 0 fully saturated rings. The van der Waals surface area contributed by atoms with Gasteiger partial charge in [0.2, 0.25) is 5.69 Å². The van der Waals surface area contributed by atoms with Crippen LogP contribution in [0.5, 0.6) is 0 Å². The number of unbranched alkanes of at least 4 members (excludes halogenated alkanes) is 1. The van der Waals surface area contributed by atoms with Crippen molar-refractivity contribution in [2.45, 2.75) is 52.2 Å². The van der Waals surface area contributed by atoms with E-state index >= 15 is 0 Å². The molecule has 29 heavy (non-hydrogen) atoms. The fourth-order valence-corrected chi connectivity index (χ4v) is 2.80. The predicted molar refractivity (Wildman–Crippen MR) is 134 cm³/mol. The highest BCUT2D eigenvalue weighted by molar-refractivity contribution is 7.81. The van der Waals surface area contributed by atoms with E-state index < -0.39 is 0 Å². The molecule has 0 saturated carbocycles. The van der Waals surface area contributed by atoms with Crippen molar-refractivity contribution < 1.29 is 4.58 Å². The first-order valence-electron chi connectivity index (χ1n) is 10.5. The summed E-state index contributed by atoms with van der Waals surface area (Å²) >= 11 is 4.98. The second kappa shape index (κ2) is 11.9. The fraction of sp³-hybridized carbons (Fsp3) is 0.423. The Morgan fingerprint density at radius 3 is 2.10 bits per heavy atom. The van der Waals surface area contributed by atoms with Crippen molar-refractivity contribution in [1.29, 1.82) is 0 Å². The molecule has 0 amide bonds. The van der Waals surface area contributed by atoms with E-state index in [1.807, 2.05) is 42.0 Å². The molecule has 0 aromatic heterocycles. The molecule has 0 saturated heterocycles. The third kappa shape index (κ3) is 7.40. The Bertz CT molecular complexity index is 788. The van der Waals surface area contributed by atoms with Crippen molar-refractivity contribution in [3.63, 3.8) is 0 Å². The molecule has 0 aliphatic carbocycles. The average Bonchev–Trinajstić information content (AvgIpc) is 2.72. The molecule has 2 aromatic carbocycles. The van der Waals surface area contributed by atoms with Crippen molar-refractivity contribution in [3.05, 3.63) is 66.5 Å². The van der Waals surface area contributed by atoms with E-state index in [-0.39, 0.29) is 4.75 Å². The summed E-state index contributed by atoms with van der Waals surface area (Å²) in [5, 5.41) is 0. The summed E-state index contributed by atoms with van der Waals surface area (Å²) in [6.07, 6.45) is 6.62. The Morgan fingerprint density at radius 2 is 1.62 bits per heavy atom. The van der Waals surface area contributed by atoms with Gasteiger partial charge in [-0.15, -0.1) is 0 Å². The minimum Gasteiger partial charge on any atom is -0.379 e. The first kappa shape index (κ1) is 25.0. The highest BCUT2D eigenvalue weighted by atomic mass is 32.1. The second-order valence-corrected chi connectivity index (χ2v) is 9.06. The number of rotatable bonds is 7. The molecule has 1 unspecified atom stereocenters. The van der Waals surface area contributed by atoms with Crippen LogP contribution in [0.1, 0.15) is 53.0 Å². The third-order valence-corrected chi connectivity index (χ3v) is 5.89. The van der Waals surface area contributed by atoms with Crippen molar-refractivity contribution >= 4 is 25.0 Å². The molecule has 0 spiro atoms. The Kier molecular flexibility index (Phi) is 10.2. The average molecular weight is 412 g/mol. The van der Waals surface area contributed by atoms with Crippen LogP contribution in [-0.2, 0) is 4.75 Å². The van der Waals surface area contributed by atoms with Gasteiger partial charge < -0.3 is 4.90 Å². The zero-order chi connectivity index (χ0) is 22.0. The number of nitrogens with zero attached hydrogens (tertiary/aromatic N) is 2. The van der Waals surface area contributed by atoms with Gasteiger partial charge in [0, 0.05) is 30.5 Å². The van der Waals surface area contributed by atoms with Gasteiger partial charge in [-0.3, -0.25) is 0 Å². The van der Waals surface area contributed by atoms with Gasteiger partial charge in [-0.05, 0) is 24.0 Å². The maximum absolute atomic E-state index is 4.98. The first-order valence-corrected chi connectivity index (χ1v) is 11.0. The van der Waals surface area contributed by atoms with Gasteiger partial charge in [-0.25, -0.2) is 0 Å². The SMILES string of the molecule is C=[N+](/C=C\N(C)C)c1cc(-c2ccccc2)ccc1C(C)(S)C(C)C.CCCC. The van der Waals surface area contributed by atoms with Crippen LogP contribution in [-0.4, -0.2) is 30.3 Å². The summed E-state index contributed by atoms with van der Waals surface area (Å²) < 4.78 is 1.69. The van der Waals surface area contributed by atoms with Gasteiger partial charge in [0.1, 0.15) is 6.72 Å². The predicted octanol–water partition coefficient (Wildman–Crippen LogP) is 7.34. The van der Waals surface area contributed by atoms with E-state index in [0.717, 1.165) is 5.69 Å². The lowest BCUT2D eigenvalue weighted by molar-refractivity contribution is -0.351. The molecule has 0 bridgehead atoms. The third-order valence-electron chi connectivity index (χ3n) is 5.13.